The molecule has 0 unspecified atom stereocenters. The van der Waals surface area contributed by atoms with Crippen molar-refractivity contribution >= 4 is 0 Å². The Morgan fingerprint density at radius 1 is 0.739 bits per heavy atom. The molecule has 1 heterocycles. The number of aliphatic hydroxyl groups excluding tert-OH is 2. The molecule has 1 aromatic rings. The van der Waals surface area contributed by atoms with E-state index in [0.717, 1.165) is 24.4 Å². The van der Waals surface area contributed by atoms with Gasteiger partial charge in [-0.15, -0.1) is 0 Å². The summed E-state index contributed by atoms with van der Waals surface area (Å²) >= 11 is 0. The normalized spacial score (nSPS) is 10.6. The van der Waals surface area contributed by atoms with E-state index in [9.17, 15) is 10.2 Å². The van der Waals surface area contributed by atoms with Gasteiger partial charge in [0.2, 0.25) is 11.4 Å². The molecule has 0 saturated carbocycles. The van der Waals surface area contributed by atoms with Crippen LogP contribution >= 0.6 is 0 Å². The minimum absolute atomic E-state index is 0. The molecule has 0 radical (unpaired) electrons. The van der Waals surface area contributed by atoms with E-state index in [0.29, 0.717) is 0 Å². The van der Waals surface area contributed by atoms with E-state index < -0.39 is 0 Å². The van der Waals surface area contributed by atoms with Crippen LogP contribution in [0.4, 0.5) is 0 Å². The lowest BCUT2D eigenvalue weighted by Gasteiger charge is -2.06. The lowest BCUT2D eigenvalue weighted by atomic mass is 10.1. The molecule has 1 rings (SSSR count). The first-order valence-electron chi connectivity index (χ1n) is 9.05. The maximum atomic E-state index is 9.40. The third-order valence-electron chi connectivity index (χ3n) is 4.33. The first-order chi connectivity index (χ1) is 10.8. The van der Waals surface area contributed by atoms with E-state index in [-0.39, 0.29) is 30.2 Å². The monoisotopic (exact) mass is 387 g/mol. The molecule has 0 atom stereocenters. The summed E-state index contributed by atoms with van der Waals surface area (Å²) in [6, 6.07) is 5.75. The van der Waals surface area contributed by atoms with Crippen LogP contribution in [0.15, 0.2) is 18.2 Å². The van der Waals surface area contributed by atoms with Crippen LogP contribution in [0.5, 0.6) is 0 Å². The van der Waals surface area contributed by atoms with Crippen LogP contribution in [0.25, 0.3) is 0 Å². The summed E-state index contributed by atoms with van der Waals surface area (Å²) in [5.41, 5.74) is 1.78. The van der Waals surface area contributed by atoms with E-state index in [2.05, 4.69) is 11.5 Å². The van der Waals surface area contributed by atoms with Crippen molar-refractivity contribution < 1.29 is 31.8 Å². The third-order valence-corrected chi connectivity index (χ3v) is 4.33. The summed E-state index contributed by atoms with van der Waals surface area (Å²) in [5, 5.41) is 18.8. The van der Waals surface area contributed by atoms with Gasteiger partial charge in [-0.2, -0.15) is 4.57 Å². The van der Waals surface area contributed by atoms with Gasteiger partial charge < -0.3 is 27.2 Å². The number of halogens is 1. The highest BCUT2D eigenvalue weighted by Gasteiger charge is 2.14. The Bertz CT molecular complexity index is 377. The molecule has 0 fully saturated rings. The van der Waals surface area contributed by atoms with Crippen LogP contribution in [0.2, 0.25) is 0 Å². The zero-order chi connectivity index (χ0) is 16.0. The smallest absolute Gasteiger partial charge is 0.207 e. The van der Waals surface area contributed by atoms with Crippen LogP contribution < -0.4 is 21.5 Å². The fourth-order valence-corrected chi connectivity index (χ4v) is 2.96. The van der Waals surface area contributed by atoms with Crippen molar-refractivity contribution in [2.24, 2.45) is 0 Å². The minimum atomic E-state index is 0. The lowest BCUT2D eigenvalue weighted by Crippen LogP contribution is -3.00. The number of aromatic nitrogens is 1. The molecular formula is C19H34BrNO2. The van der Waals surface area contributed by atoms with Crippen LogP contribution in [-0.2, 0) is 19.8 Å². The average molecular weight is 388 g/mol. The lowest BCUT2D eigenvalue weighted by molar-refractivity contribution is -0.715. The predicted molar refractivity (Wildman–Crippen MR) is 90.3 cm³/mol. The SMILES string of the molecule is CCCCCCCCCCCC[n+]1c(CO)cccc1CO.[Br-]. The number of pyridine rings is 1. The van der Waals surface area contributed by atoms with Crippen molar-refractivity contribution in [2.75, 3.05) is 0 Å². The van der Waals surface area contributed by atoms with Gasteiger partial charge >= 0.3 is 0 Å². The van der Waals surface area contributed by atoms with Crippen LogP contribution in [-0.4, -0.2) is 10.2 Å². The highest BCUT2D eigenvalue weighted by molar-refractivity contribution is 5.02. The third kappa shape index (κ3) is 9.43. The standard InChI is InChI=1S/C19H34NO2.BrH/c1-2-3-4-5-6-7-8-9-10-11-15-20-18(16-21)13-12-14-19(20)17-22;/h12-14,21-22H,2-11,15-17H2,1H3;1H/q+1;/p-1. The molecule has 0 saturated heterocycles. The molecule has 134 valence electrons. The van der Waals surface area contributed by atoms with E-state index in [1.807, 2.05) is 18.2 Å². The first-order valence-corrected chi connectivity index (χ1v) is 9.05. The molecule has 0 spiro atoms. The number of aliphatic hydroxyl groups is 2. The van der Waals surface area contributed by atoms with Gasteiger partial charge in [0, 0.05) is 18.6 Å². The largest absolute Gasteiger partial charge is 1.00 e. The Kier molecular flexibility index (Phi) is 14.8. The number of hydrogen-bond donors (Lipinski definition) is 2. The molecule has 0 aliphatic heterocycles. The topological polar surface area (TPSA) is 44.3 Å². The first kappa shape index (κ1) is 22.6. The van der Waals surface area contributed by atoms with Gasteiger partial charge in [0.05, 0.1) is 0 Å². The summed E-state index contributed by atoms with van der Waals surface area (Å²) in [6.07, 6.45) is 13.2. The van der Waals surface area contributed by atoms with Gasteiger partial charge in [0.1, 0.15) is 19.8 Å². The van der Waals surface area contributed by atoms with Gasteiger partial charge in [0.15, 0.2) is 0 Å². The van der Waals surface area contributed by atoms with Crippen molar-refractivity contribution in [3.05, 3.63) is 29.6 Å². The highest BCUT2D eigenvalue weighted by Crippen LogP contribution is 2.10. The molecule has 0 aromatic carbocycles. The molecule has 0 aliphatic carbocycles. The van der Waals surface area contributed by atoms with Crippen molar-refractivity contribution in [1.82, 2.24) is 0 Å². The summed E-state index contributed by atoms with van der Waals surface area (Å²) < 4.78 is 2.06. The number of nitrogens with zero attached hydrogens (tertiary/aromatic N) is 1. The maximum Gasteiger partial charge on any atom is 0.207 e. The molecule has 3 nitrogen and oxygen atoms in total. The highest BCUT2D eigenvalue weighted by atomic mass is 79.9. The molecular weight excluding hydrogens is 354 g/mol. The Labute approximate surface area is 152 Å². The van der Waals surface area contributed by atoms with E-state index in [1.54, 1.807) is 0 Å². The minimum Gasteiger partial charge on any atom is -1.00 e. The number of unbranched alkanes of at least 4 members (excludes halogenated alkanes) is 9. The Hall–Kier alpha value is -0.450. The predicted octanol–water partition coefficient (Wildman–Crippen LogP) is 0.884. The Morgan fingerprint density at radius 3 is 1.61 bits per heavy atom. The zero-order valence-corrected chi connectivity index (χ0v) is 16.2. The number of rotatable bonds is 13. The summed E-state index contributed by atoms with van der Waals surface area (Å²) in [5.74, 6) is 0. The van der Waals surface area contributed by atoms with Crippen LogP contribution in [0.3, 0.4) is 0 Å². The number of hydrogen-bond acceptors (Lipinski definition) is 2. The van der Waals surface area contributed by atoms with E-state index >= 15 is 0 Å². The van der Waals surface area contributed by atoms with Gasteiger partial charge in [-0.3, -0.25) is 0 Å². The zero-order valence-electron chi connectivity index (χ0n) is 14.6. The van der Waals surface area contributed by atoms with Gasteiger partial charge in [-0.25, -0.2) is 0 Å². The van der Waals surface area contributed by atoms with Gasteiger partial charge in [0.25, 0.3) is 0 Å². The quantitative estimate of drug-likeness (QED) is 0.389. The Morgan fingerprint density at radius 2 is 1.17 bits per heavy atom. The maximum absolute atomic E-state index is 9.40. The van der Waals surface area contributed by atoms with E-state index in [1.165, 1.54) is 57.8 Å². The van der Waals surface area contributed by atoms with Crippen molar-refractivity contribution in [1.29, 1.82) is 0 Å². The molecule has 23 heavy (non-hydrogen) atoms. The molecule has 2 N–H and O–H groups in total. The fraction of sp³-hybridized carbons (Fsp3) is 0.737. The van der Waals surface area contributed by atoms with Gasteiger partial charge in [-0.05, 0) is 12.5 Å². The van der Waals surface area contributed by atoms with Crippen LogP contribution in [0.1, 0.15) is 82.5 Å². The molecule has 0 aliphatic rings. The molecule has 0 bridgehead atoms. The van der Waals surface area contributed by atoms with E-state index in [4.69, 9.17) is 0 Å². The molecule has 4 heteroatoms. The molecule has 1 aromatic heterocycles. The fourth-order valence-electron chi connectivity index (χ4n) is 2.96. The second-order valence-electron chi connectivity index (χ2n) is 6.16. The summed E-state index contributed by atoms with van der Waals surface area (Å²) in [6.45, 7) is 3.22. The second kappa shape index (κ2) is 15.1. The molecule has 0 amide bonds. The van der Waals surface area contributed by atoms with Crippen molar-refractivity contribution in [3.8, 4) is 0 Å². The van der Waals surface area contributed by atoms with Crippen molar-refractivity contribution in [2.45, 2.75) is 90.9 Å². The van der Waals surface area contributed by atoms with Gasteiger partial charge in [-0.1, -0.05) is 58.3 Å². The summed E-state index contributed by atoms with van der Waals surface area (Å²) in [7, 11) is 0. The van der Waals surface area contributed by atoms with Crippen molar-refractivity contribution in [3.63, 3.8) is 0 Å². The second-order valence-corrected chi connectivity index (χ2v) is 6.16. The average Bonchev–Trinajstić information content (AvgIpc) is 2.56. The Balaban J connectivity index is 0.00000484. The van der Waals surface area contributed by atoms with Crippen LogP contribution in [0, 0.1) is 0 Å². The summed E-state index contributed by atoms with van der Waals surface area (Å²) in [4.78, 5) is 0.